The van der Waals surface area contributed by atoms with Gasteiger partial charge in [0, 0.05) is 11.1 Å². The lowest BCUT2D eigenvalue weighted by atomic mass is 10.2. The van der Waals surface area contributed by atoms with Crippen LogP contribution in [0.15, 0.2) is 36.4 Å². The van der Waals surface area contributed by atoms with Crippen molar-refractivity contribution in [2.24, 2.45) is 0 Å². The minimum Gasteiger partial charge on any atom is -0.295 e. The monoisotopic (exact) mass is 326 g/mol. The van der Waals surface area contributed by atoms with Gasteiger partial charge in [-0.2, -0.15) is 0 Å². The highest BCUT2D eigenvalue weighted by Crippen LogP contribution is 2.30. The summed E-state index contributed by atoms with van der Waals surface area (Å²) < 4.78 is 28.3. The highest BCUT2D eigenvalue weighted by atomic mass is 35.5. The molecule has 0 amide bonds. The van der Waals surface area contributed by atoms with E-state index >= 15 is 0 Å². The maximum absolute atomic E-state index is 13.5. The summed E-state index contributed by atoms with van der Waals surface area (Å²) in [5.41, 5.74) is 1.84. The Kier molecular flexibility index (Phi) is 3.59. The van der Waals surface area contributed by atoms with Crippen LogP contribution in [0.3, 0.4) is 0 Å². The van der Waals surface area contributed by atoms with Crippen LogP contribution in [0.1, 0.15) is 18.1 Å². The second-order valence-corrected chi connectivity index (χ2v) is 5.74. The van der Waals surface area contributed by atoms with Gasteiger partial charge in [-0.3, -0.25) is 4.57 Å². The molecule has 1 atom stereocenters. The first-order valence-electron chi connectivity index (χ1n) is 6.25. The first-order chi connectivity index (χ1) is 9.97. The smallest absolute Gasteiger partial charge is 0.160 e. The van der Waals surface area contributed by atoms with Gasteiger partial charge in [-0.25, -0.2) is 13.8 Å². The Morgan fingerprint density at radius 1 is 1.10 bits per heavy atom. The average molecular weight is 327 g/mol. The standard InChI is InChI=1S/C15H10Cl2F2N2/c1-8(16)15-20-13-6-9(17)2-5-14(13)21(15)10-3-4-11(18)12(19)7-10/h2-8H,1H3. The molecule has 0 saturated heterocycles. The molecule has 2 nitrogen and oxygen atoms in total. The summed E-state index contributed by atoms with van der Waals surface area (Å²) in [6.07, 6.45) is 0. The van der Waals surface area contributed by atoms with Gasteiger partial charge >= 0.3 is 0 Å². The van der Waals surface area contributed by atoms with E-state index in [1.165, 1.54) is 6.07 Å². The van der Waals surface area contributed by atoms with Crippen LogP contribution in [0.5, 0.6) is 0 Å². The Morgan fingerprint density at radius 2 is 1.86 bits per heavy atom. The van der Waals surface area contributed by atoms with E-state index in [-0.39, 0.29) is 0 Å². The van der Waals surface area contributed by atoms with Crippen molar-refractivity contribution < 1.29 is 8.78 Å². The first kappa shape index (κ1) is 14.3. The Bertz CT molecular complexity index is 828. The predicted molar refractivity (Wildman–Crippen MR) is 80.3 cm³/mol. The molecule has 0 aliphatic rings. The van der Waals surface area contributed by atoms with Crippen molar-refractivity contribution >= 4 is 34.2 Å². The molecule has 1 heterocycles. The number of alkyl halides is 1. The predicted octanol–water partition coefficient (Wildman–Crippen LogP) is 5.26. The molecule has 0 N–H and O–H groups in total. The fourth-order valence-electron chi connectivity index (χ4n) is 2.23. The van der Waals surface area contributed by atoms with Gasteiger partial charge in [-0.1, -0.05) is 11.6 Å². The lowest BCUT2D eigenvalue weighted by Gasteiger charge is -2.11. The fourth-order valence-corrected chi connectivity index (χ4v) is 2.55. The Labute approximate surface area is 129 Å². The van der Waals surface area contributed by atoms with Crippen molar-refractivity contribution in [1.82, 2.24) is 9.55 Å². The fraction of sp³-hybridized carbons (Fsp3) is 0.133. The van der Waals surface area contributed by atoms with Crippen molar-refractivity contribution in [1.29, 1.82) is 0 Å². The van der Waals surface area contributed by atoms with E-state index in [0.29, 0.717) is 22.1 Å². The number of fused-ring (bicyclic) bond motifs is 1. The van der Waals surface area contributed by atoms with Crippen molar-refractivity contribution in [2.75, 3.05) is 0 Å². The van der Waals surface area contributed by atoms with Crippen molar-refractivity contribution in [3.8, 4) is 5.69 Å². The Balaban J connectivity index is 2.33. The van der Waals surface area contributed by atoms with Crippen LogP contribution in [-0.4, -0.2) is 9.55 Å². The molecule has 3 aromatic rings. The Morgan fingerprint density at radius 3 is 2.52 bits per heavy atom. The number of aromatic nitrogens is 2. The molecule has 1 aromatic heterocycles. The van der Waals surface area contributed by atoms with Gasteiger partial charge in [-0.05, 0) is 37.3 Å². The summed E-state index contributed by atoms with van der Waals surface area (Å²) in [6, 6.07) is 8.87. The van der Waals surface area contributed by atoms with Crippen LogP contribution >= 0.6 is 23.2 Å². The molecule has 0 bridgehead atoms. The number of hydrogen-bond donors (Lipinski definition) is 0. The summed E-state index contributed by atoms with van der Waals surface area (Å²) >= 11 is 12.1. The van der Waals surface area contributed by atoms with Crippen LogP contribution in [0.4, 0.5) is 8.78 Å². The molecule has 21 heavy (non-hydrogen) atoms. The molecular weight excluding hydrogens is 317 g/mol. The van der Waals surface area contributed by atoms with Gasteiger partial charge in [0.25, 0.3) is 0 Å². The first-order valence-corrected chi connectivity index (χ1v) is 7.06. The van der Waals surface area contributed by atoms with Gasteiger partial charge in [0.1, 0.15) is 5.82 Å². The summed E-state index contributed by atoms with van der Waals surface area (Å²) in [4.78, 5) is 4.43. The summed E-state index contributed by atoms with van der Waals surface area (Å²) in [5.74, 6) is -1.27. The molecule has 0 aliphatic heterocycles. The van der Waals surface area contributed by atoms with Crippen LogP contribution < -0.4 is 0 Å². The third kappa shape index (κ3) is 2.49. The minimum absolute atomic E-state index is 0.399. The zero-order valence-corrected chi connectivity index (χ0v) is 12.5. The molecule has 2 aromatic carbocycles. The number of hydrogen-bond acceptors (Lipinski definition) is 1. The van der Waals surface area contributed by atoms with E-state index in [0.717, 1.165) is 17.6 Å². The maximum atomic E-state index is 13.5. The van der Waals surface area contributed by atoms with Crippen LogP contribution in [-0.2, 0) is 0 Å². The van der Waals surface area contributed by atoms with E-state index in [1.54, 1.807) is 29.7 Å². The molecule has 0 aliphatic carbocycles. The number of halogens is 4. The molecule has 1 unspecified atom stereocenters. The van der Waals surface area contributed by atoms with Gasteiger partial charge in [0.05, 0.1) is 22.1 Å². The molecule has 0 fully saturated rings. The zero-order valence-electron chi connectivity index (χ0n) is 10.9. The average Bonchev–Trinajstić information content (AvgIpc) is 2.80. The van der Waals surface area contributed by atoms with E-state index in [2.05, 4.69) is 4.98 Å². The lowest BCUT2D eigenvalue weighted by Crippen LogP contribution is -2.02. The van der Waals surface area contributed by atoms with Gasteiger partial charge in [-0.15, -0.1) is 11.6 Å². The number of rotatable bonds is 2. The summed E-state index contributed by atoms with van der Waals surface area (Å²) in [5, 5.41) is 0.149. The minimum atomic E-state index is -0.920. The lowest BCUT2D eigenvalue weighted by molar-refractivity contribution is 0.508. The topological polar surface area (TPSA) is 17.8 Å². The SMILES string of the molecule is CC(Cl)c1nc2cc(Cl)ccc2n1-c1ccc(F)c(F)c1. The molecule has 6 heteroatoms. The van der Waals surface area contributed by atoms with E-state index < -0.39 is 17.0 Å². The van der Waals surface area contributed by atoms with E-state index in [9.17, 15) is 8.78 Å². The molecular formula is C15H10Cl2F2N2. The largest absolute Gasteiger partial charge is 0.295 e. The second-order valence-electron chi connectivity index (χ2n) is 4.65. The van der Waals surface area contributed by atoms with Crippen LogP contribution in [0, 0.1) is 11.6 Å². The molecule has 108 valence electrons. The van der Waals surface area contributed by atoms with Crippen molar-refractivity contribution in [2.45, 2.75) is 12.3 Å². The van der Waals surface area contributed by atoms with Gasteiger partial charge in [0.2, 0.25) is 0 Å². The summed E-state index contributed by atoms with van der Waals surface area (Å²) in [6.45, 7) is 1.76. The van der Waals surface area contributed by atoms with Gasteiger partial charge < -0.3 is 0 Å². The van der Waals surface area contributed by atoms with Crippen molar-refractivity contribution in [3.63, 3.8) is 0 Å². The highest BCUT2D eigenvalue weighted by molar-refractivity contribution is 6.31. The quantitative estimate of drug-likeness (QED) is 0.587. The zero-order chi connectivity index (χ0) is 15.1. The Hall–Kier alpha value is -1.65. The second kappa shape index (κ2) is 5.28. The van der Waals surface area contributed by atoms with Crippen LogP contribution in [0.2, 0.25) is 5.02 Å². The number of benzene rings is 2. The van der Waals surface area contributed by atoms with Gasteiger partial charge in [0.15, 0.2) is 11.6 Å². The van der Waals surface area contributed by atoms with E-state index in [1.807, 2.05) is 0 Å². The molecule has 0 radical (unpaired) electrons. The molecule has 3 rings (SSSR count). The number of nitrogens with zero attached hydrogens (tertiary/aromatic N) is 2. The van der Waals surface area contributed by atoms with E-state index in [4.69, 9.17) is 23.2 Å². The van der Waals surface area contributed by atoms with Crippen LogP contribution in [0.25, 0.3) is 16.7 Å². The highest BCUT2D eigenvalue weighted by Gasteiger charge is 2.17. The molecule has 0 spiro atoms. The molecule has 0 saturated carbocycles. The van der Waals surface area contributed by atoms with Crippen molar-refractivity contribution in [3.05, 3.63) is 58.9 Å². The normalized spacial score (nSPS) is 12.8. The number of imidazole rings is 1. The third-order valence-electron chi connectivity index (χ3n) is 3.16. The maximum Gasteiger partial charge on any atom is 0.160 e. The third-order valence-corrected chi connectivity index (χ3v) is 3.59. The summed E-state index contributed by atoms with van der Waals surface area (Å²) in [7, 11) is 0.